The van der Waals surface area contributed by atoms with Crippen molar-refractivity contribution in [3.63, 3.8) is 0 Å². The zero-order chi connectivity index (χ0) is 12.1. The predicted octanol–water partition coefficient (Wildman–Crippen LogP) is 2.02. The molecule has 0 aliphatic heterocycles. The van der Waals surface area contributed by atoms with E-state index >= 15 is 0 Å². The second-order valence-electron chi connectivity index (χ2n) is 3.65. The Morgan fingerprint density at radius 1 is 1.38 bits per heavy atom. The molecule has 1 aromatic carbocycles. The molecule has 0 unspecified atom stereocenters. The number of alkyl halides is 2. The van der Waals surface area contributed by atoms with Crippen LogP contribution in [0.5, 0.6) is 0 Å². The van der Waals surface area contributed by atoms with E-state index in [-0.39, 0.29) is 6.54 Å². The van der Waals surface area contributed by atoms with Gasteiger partial charge in [-0.1, -0.05) is 36.5 Å². The highest BCUT2D eigenvalue weighted by Crippen LogP contribution is 2.07. The number of thiocarbonyl (C=S) groups is 1. The van der Waals surface area contributed by atoms with E-state index < -0.39 is 6.43 Å². The molecule has 1 aromatic rings. The number of nitrogens with two attached hydrogens (primary N) is 1. The van der Waals surface area contributed by atoms with Gasteiger partial charge in [0.05, 0.1) is 6.54 Å². The molecular weight excluding hydrogens is 230 g/mol. The zero-order valence-corrected chi connectivity index (χ0v) is 9.81. The molecule has 0 fully saturated rings. The third-order valence-corrected chi connectivity index (χ3v) is 2.38. The number of rotatable bonds is 5. The third kappa shape index (κ3) is 4.20. The highest BCUT2D eigenvalue weighted by Gasteiger charge is 2.07. The Labute approximate surface area is 99.0 Å². The van der Waals surface area contributed by atoms with Crippen molar-refractivity contribution in [1.29, 1.82) is 0 Å². The van der Waals surface area contributed by atoms with E-state index in [1.807, 2.05) is 12.1 Å². The summed E-state index contributed by atoms with van der Waals surface area (Å²) in [4.78, 5) is 1.91. The molecule has 0 saturated carbocycles. The van der Waals surface area contributed by atoms with Crippen LogP contribution in [-0.2, 0) is 6.54 Å². The quantitative estimate of drug-likeness (QED) is 0.803. The van der Waals surface area contributed by atoms with Gasteiger partial charge in [0.25, 0.3) is 6.43 Å². The Morgan fingerprint density at radius 3 is 2.38 bits per heavy atom. The number of halogens is 2. The lowest BCUT2D eigenvalue weighted by atomic mass is 10.1. The van der Waals surface area contributed by atoms with E-state index in [4.69, 9.17) is 18.0 Å². The van der Waals surface area contributed by atoms with Gasteiger partial charge in [-0.05, 0) is 12.6 Å². The fourth-order valence-corrected chi connectivity index (χ4v) is 1.52. The van der Waals surface area contributed by atoms with Crippen LogP contribution in [0.4, 0.5) is 8.78 Å². The Bertz CT molecular complexity index is 352. The molecule has 0 radical (unpaired) electrons. The van der Waals surface area contributed by atoms with Crippen molar-refractivity contribution in [2.45, 2.75) is 13.0 Å². The summed E-state index contributed by atoms with van der Waals surface area (Å²) >= 11 is 4.82. The van der Waals surface area contributed by atoms with Crippen molar-refractivity contribution < 1.29 is 8.78 Å². The maximum atomic E-state index is 12.1. The van der Waals surface area contributed by atoms with Crippen LogP contribution in [0.25, 0.3) is 0 Å². The molecule has 2 N–H and O–H groups in total. The molecule has 1 rings (SSSR count). The first-order valence-electron chi connectivity index (χ1n) is 4.84. The van der Waals surface area contributed by atoms with E-state index in [1.165, 1.54) is 0 Å². The summed E-state index contributed by atoms with van der Waals surface area (Å²) in [7, 11) is 1.66. The molecule has 0 atom stereocenters. The normalized spacial score (nSPS) is 11.1. The molecular formula is C11H14F2N2S. The Hall–Kier alpha value is -1.07. The first kappa shape index (κ1) is 13.0. The van der Waals surface area contributed by atoms with Gasteiger partial charge < -0.3 is 5.73 Å². The molecule has 0 heterocycles. The van der Waals surface area contributed by atoms with Crippen LogP contribution in [-0.4, -0.2) is 29.9 Å². The van der Waals surface area contributed by atoms with Crippen LogP contribution in [0.2, 0.25) is 0 Å². The lowest BCUT2D eigenvalue weighted by Crippen LogP contribution is -2.24. The average Bonchev–Trinajstić information content (AvgIpc) is 2.16. The van der Waals surface area contributed by atoms with Gasteiger partial charge in [-0.2, -0.15) is 0 Å². The monoisotopic (exact) mass is 244 g/mol. The molecule has 0 aromatic heterocycles. The van der Waals surface area contributed by atoms with Gasteiger partial charge in [0.15, 0.2) is 0 Å². The van der Waals surface area contributed by atoms with Crippen LogP contribution < -0.4 is 5.73 Å². The minimum Gasteiger partial charge on any atom is -0.389 e. The summed E-state index contributed by atoms with van der Waals surface area (Å²) in [6, 6.07) is 7.29. The van der Waals surface area contributed by atoms with Crippen molar-refractivity contribution in [2.24, 2.45) is 5.73 Å². The SMILES string of the molecule is CN(Cc1ccc(C(N)=S)cc1)CC(F)F. The smallest absolute Gasteiger partial charge is 0.251 e. The zero-order valence-electron chi connectivity index (χ0n) is 8.99. The maximum Gasteiger partial charge on any atom is 0.251 e. The lowest BCUT2D eigenvalue weighted by molar-refractivity contribution is 0.0975. The standard InChI is InChI=1S/C11H14F2N2S/c1-15(7-10(12)13)6-8-2-4-9(5-3-8)11(14)16/h2-5,10H,6-7H2,1H3,(H2,14,16). The highest BCUT2D eigenvalue weighted by atomic mass is 32.1. The third-order valence-electron chi connectivity index (χ3n) is 2.14. The Morgan fingerprint density at radius 2 is 1.94 bits per heavy atom. The lowest BCUT2D eigenvalue weighted by Gasteiger charge is -2.15. The van der Waals surface area contributed by atoms with E-state index in [0.29, 0.717) is 11.5 Å². The number of hydrogen-bond acceptors (Lipinski definition) is 2. The van der Waals surface area contributed by atoms with Crippen molar-refractivity contribution in [3.8, 4) is 0 Å². The van der Waals surface area contributed by atoms with Gasteiger partial charge in [-0.25, -0.2) is 8.78 Å². The summed E-state index contributed by atoms with van der Waals surface area (Å²) in [6.45, 7) is 0.263. The molecule has 0 saturated heterocycles. The fraction of sp³-hybridized carbons (Fsp3) is 0.364. The van der Waals surface area contributed by atoms with Crippen molar-refractivity contribution in [3.05, 3.63) is 35.4 Å². The van der Waals surface area contributed by atoms with Crippen LogP contribution >= 0.6 is 12.2 Å². The number of benzene rings is 1. The van der Waals surface area contributed by atoms with Crippen LogP contribution in [0.3, 0.4) is 0 Å². The van der Waals surface area contributed by atoms with E-state index in [1.54, 1.807) is 24.1 Å². The largest absolute Gasteiger partial charge is 0.389 e. The van der Waals surface area contributed by atoms with Crippen molar-refractivity contribution >= 4 is 17.2 Å². The molecule has 0 aliphatic carbocycles. The predicted molar refractivity (Wildman–Crippen MR) is 64.7 cm³/mol. The van der Waals surface area contributed by atoms with Crippen molar-refractivity contribution in [2.75, 3.05) is 13.6 Å². The van der Waals surface area contributed by atoms with Gasteiger partial charge in [-0.15, -0.1) is 0 Å². The minimum atomic E-state index is -2.30. The second kappa shape index (κ2) is 5.86. The Kier molecular flexibility index (Phi) is 4.76. The van der Waals surface area contributed by atoms with Crippen molar-refractivity contribution in [1.82, 2.24) is 4.90 Å². The summed E-state index contributed by atoms with van der Waals surface area (Å²) in [5.74, 6) is 0. The summed E-state index contributed by atoms with van der Waals surface area (Å²) < 4.78 is 24.2. The molecule has 88 valence electrons. The summed E-state index contributed by atoms with van der Waals surface area (Å²) in [5, 5.41) is 0. The molecule has 0 aliphatic rings. The Balaban J connectivity index is 2.58. The molecule has 0 bridgehead atoms. The highest BCUT2D eigenvalue weighted by molar-refractivity contribution is 7.80. The topological polar surface area (TPSA) is 29.3 Å². The average molecular weight is 244 g/mol. The summed E-state index contributed by atoms with van der Waals surface area (Å²) in [5.41, 5.74) is 7.20. The molecule has 0 spiro atoms. The summed E-state index contributed by atoms with van der Waals surface area (Å²) in [6.07, 6.45) is -2.30. The van der Waals surface area contributed by atoms with Gasteiger partial charge in [0, 0.05) is 12.1 Å². The van der Waals surface area contributed by atoms with Gasteiger partial charge in [0.2, 0.25) is 0 Å². The van der Waals surface area contributed by atoms with Crippen LogP contribution in [0.15, 0.2) is 24.3 Å². The van der Waals surface area contributed by atoms with E-state index in [9.17, 15) is 8.78 Å². The van der Waals surface area contributed by atoms with E-state index in [0.717, 1.165) is 11.1 Å². The molecule has 0 amide bonds. The molecule has 16 heavy (non-hydrogen) atoms. The van der Waals surface area contributed by atoms with Crippen LogP contribution in [0, 0.1) is 0 Å². The number of hydrogen-bond donors (Lipinski definition) is 1. The van der Waals surface area contributed by atoms with Gasteiger partial charge >= 0.3 is 0 Å². The van der Waals surface area contributed by atoms with Gasteiger partial charge in [-0.3, -0.25) is 4.90 Å². The van der Waals surface area contributed by atoms with E-state index in [2.05, 4.69) is 0 Å². The molecule has 2 nitrogen and oxygen atoms in total. The maximum absolute atomic E-state index is 12.1. The van der Waals surface area contributed by atoms with Crippen LogP contribution in [0.1, 0.15) is 11.1 Å². The first-order chi connectivity index (χ1) is 7.49. The number of nitrogens with zero attached hydrogens (tertiary/aromatic N) is 1. The molecule has 5 heteroatoms. The minimum absolute atomic E-state index is 0.225. The first-order valence-corrected chi connectivity index (χ1v) is 5.25. The fourth-order valence-electron chi connectivity index (χ4n) is 1.39. The second-order valence-corrected chi connectivity index (χ2v) is 4.09. The van der Waals surface area contributed by atoms with Gasteiger partial charge in [0.1, 0.15) is 4.99 Å².